The van der Waals surface area contributed by atoms with Crippen molar-refractivity contribution in [3.8, 4) is 0 Å². The summed E-state index contributed by atoms with van der Waals surface area (Å²) in [5, 5.41) is 3.03. The van der Waals surface area contributed by atoms with Crippen molar-refractivity contribution < 1.29 is 0 Å². The molecule has 6 nitrogen and oxygen atoms in total. The average molecular weight is 258 g/mol. The van der Waals surface area contributed by atoms with Gasteiger partial charge in [0.2, 0.25) is 5.95 Å². The largest absolute Gasteiger partial charge is 0.357 e. The van der Waals surface area contributed by atoms with Crippen LogP contribution in [0.3, 0.4) is 0 Å². The smallest absolute Gasteiger partial charge is 0.226 e. The highest BCUT2D eigenvalue weighted by Gasteiger charge is 2.35. The zero-order valence-electron chi connectivity index (χ0n) is 11.1. The molecular formula is C13H18N6. The van der Waals surface area contributed by atoms with E-state index in [1.54, 1.807) is 6.33 Å². The normalized spacial score (nSPS) is 18.8. The highest BCUT2D eigenvalue weighted by Crippen LogP contribution is 2.38. The highest BCUT2D eigenvalue weighted by molar-refractivity contribution is 5.84. The Balaban J connectivity index is 1.79. The summed E-state index contributed by atoms with van der Waals surface area (Å²) in [6, 6.07) is 0.659. The molecule has 0 aromatic carbocycles. The third-order valence-electron chi connectivity index (χ3n) is 3.90. The minimum absolute atomic E-state index is 0.649. The summed E-state index contributed by atoms with van der Waals surface area (Å²) < 4.78 is 0. The monoisotopic (exact) mass is 258 g/mol. The van der Waals surface area contributed by atoms with Gasteiger partial charge in [-0.1, -0.05) is 0 Å². The number of H-pyrrole nitrogens is 1. The van der Waals surface area contributed by atoms with Crippen LogP contribution in [0.25, 0.3) is 11.2 Å². The minimum Gasteiger partial charge on any atom is -0.357 e. The summed E-state index contributed by atoms with van der Waals surface area (Å²) in [4.78, 5) is 19.0. The first kappa shape index (κ1) is 11.0. The van der Waals surface area contributed by atoms with Crippen molar-refractivity contribution >= 4 is 22.9 Å². The lowest BCUT2D eigenvalue weighted by Crippen LogP contribution is -2.29. The van der Waals surface area contributed by atoms with Crippen LogP contribution in [0.15, 0.2) is 6.33 Å². The van der Waals surface area contributed by atoms with Crippen LogP contribution in [0.1, 0.15) is 25.7 Å². The van der Waals surface area contributed by atoms with Crippen molar-refractivity contribution in [3.05, 3.63) is 6.33 Å². The molecule has 6 heteroatoms. The van der Waals surface area contributed by atoms with E-state index >= 15 is 0 Å². The van der Waals surface area contributed by atoms with E-state index in [-0.39, 0.29) is 0 Å². The number of imidazole rings is 1. The van der Waals surface area contributed by atoms with E-state index in [1.165, 1.54) is 25.7 Å². The van der Waals surface area contributed by atoms with Crippen LogP contribution in [0.5, 0.6) is 0 Å². The Morgan fingerprint density at radius 1 is 1.32 bits per heavy atom. The maximum atomic E-state index is 4.67. The Morgan fingerprint density at radius 3 is 2.84 bits per heavy atom. The molecule has 4 rings (SSSR count). The summed E-state index contributed by atoms with van der Waals surface area (Å²) in [5.41, 5.74) is 1.71. The van der Waals surface area contributed by atoms with Gasteiger partial charge in [0.25, 0.3) is 0 Å². The predicted octanol–water partition coefficient (Wildman–Crippen LogP) is 1.77. The summed E-state index contributed by atoms with van der Waals surface area (Å²) in [7, 11) is 1.85. The molecule has 2 aliphatic rings. The quantitative estimate of drug-likeness (QED) is 0.855. The van der Waals surface area contributed by atoms with Crippen molar-refractivity contribution in [1.29, 1.82) is 0 Å². The lowest BCUT2D eigenvalue weighted by atomic mass is 10.3. The molecule has 0 bridgehead atoms. The van der Waals surface area contributed by atoms with Gasteiger partial charge >= 0.3 is 0 Å². The molecular weight excluding hydrogens is 240 g/mol. The third kappa shape index (κ3) is 2.01. The van der Waals surface area contributed by atoms with Gasteiger partial charge in [0.15, 0.2) is 11.5 Å². The van der Waals surface area contributed by atoms with Gasteiger partial charge in [-0.3, -0.25) is 0 Å². The lowest BCUT2D eigenvalue weighted by molar-refractivity contribution is 0.711. The van der Waals surface area contributed by atoms with Crippen molar-refractivity contribution in [2.24, 2.45) is 5.92 Å². The Kier molecular flexibility index (Phi) is 2.36. The number of aromatic amines is 1. The van der Waals surface area contributed by atoms with Crippen molar-refractivity contribution in [3.63, 3.8) is 0 Å². The van der Waals surface area contributed by atoms with E-state index in [1.807, 2.05) is 7.05 Å². The molecule has 100 valence electrons. The second-order valence-corrected chi connectivity index (χ2v) is 5.55. The Morgan fingerprint density at radius 2 is 2.16 bits per heavy atom. The molecule has 2 aromatic heterocycles. The van der Waals surface area contributed by atoms with Crippen LogP contribution >= 0.6 is 0 Å². The lowest BCUT2D eigenvalue weighted by Gasteiger charge is -2.24. The van der Waals surface area contributed by atoms with Gasteiger partial charge in [-0.05, 0) is 31.6 Å². The fourth-order valence-electron chi connectivity index (χ4n) is 2.51. The van der Waals surface area contributed by atoms with Gasteiger partial charge in [-0.25, -0.2) is 4.98 Å². The standard InChI is InChI=1S/C13H18N6/c1-14-13-17-11-10(15-7-16-11)12(18-13)19(9-4-5-9)6-8-2-3-8/h7-9H,2-6H2,1H3,(H2,14,15,16,17,18). The van der Waals surface area contributed by atoms with E-state index in [4.69, 9.17) is 0 Å². The summed E-state index contributed by atoms with van der Waals surface area (Å²) in [6.45, 7) is 1.12. The number of fused-ring (bicyclic) bond motifs is 1. The summed E-state index contributed by atoms with van der Waals surface area (Å²) >= 11 is 0. The molecule has 19 heavy (non-hydrogen) atoms. The molecule has 0 saturated heterocycles. The number of aromatic nitrogens is 4. The molecule has 2 aromatic rings. The van der Waals surface area contributed by atoms with Crippen molar-refractivity contribution in [1.82, 2.24) is 19.9 Å². The molecule has 2 aliphatic carbocycles. The van der Waals surface area contributed by atoms with Crippen molar-refractivity contribution in [2.75, 3.05) is 23.8 Å². The maximum Gasteiger partial charge on any atom is 0.226 e. The molecule has 2 heterocycles. The number of nitrogens with zero attached hydrogens (tertiary/aromatic N) is 4. The first-order valence-electron chi connectivity index (χ1n) is 7.00. The Bertz CT molecular complexity index is 598. The number of anilines is 2. The van der Waals surface area contributed by atoms with Crippen LogP contribution in [-0.4, -0.2) is 39.6 Å². The molecule has 0 atom stereocenters. The third-order valence-corrected chi connectivity index (χ3v) is 3.90. The van der Waals surface area contributed by atoms with E-state index in [2.05, 4.69) is 30.2 Å². The SMILES string of the molecule is CNc1nc(N(CC2CC2)C2CC2)c2[nH]cnc2n1. The van der Waals surface area contributed by atoms with E-state index in [0.717, 1.165) is 29.4 Å². The van der Waals surface area contributed by atoms with Gasteiger partial charge in [-0.15, -0.1) is 0 Å². The Labute approximate surface area is 111 Å². The number of hydrogen-bond donors (Lipinski definition) is 2. The number of rotatable bonds is 5. The zero-order valence-corrected chi connectivity index (χ0v) is 11.1. The number of nitrogens with one attached hydrogen (secondary N) is 2. The van der Waals surface area contributed by atoms with Gasteiger partial charge in [0, 0.05) is 19.6 Å². The first-order valence-corrected chi connectivity index (χ1v) is 7.00. The minimum atomic E-state index is 0.649. The second-order valence-electron chi connectivity index (χ2n) is 5.55. The van der Waals surface area contributed by atoms with Gasteiger partial charge < -0.3 is 15.2 Å². The van der Waals surface area contributed by atoms with E-state index in [9.17, 15) is 0 Å². The van der Waals surface area contributed by atoms with Crippen LogP contribution < -0.4 is 10.2 Å². The van der Waals surface area contributed by atoms with Crippen LogP contribution in [0.2, 0.25) is 0 Å². The van der Waals surface area contributed by atoms with E-state index < -0.39 is 0 Å². The molecule has 0 amide bonds. The van der Waals surface area contributed by atoms with Gasteiger partial charge in [0.05, 0.1) is 6.33 Å². The molecule has 2 saturated carbocycles. The molecule has 2 fully saturated rings. The van der Waals surface area contributed by atoms with Gasteiger partial charge in [-0.2, -0.15) is 9.97 Å². The number of hydrogen-bond acceptors (Lipinski definition) is 5. The average Bonchev–Trinajstić information content (AvgIpc) is 3.33. The molecule has 0 unspecified atom stereocenters. The topological polar surface area (TPSA) is 69.7 Å². The van der Waals surface area contributed by atoms with Crippen molar-refractivity contribution in [2.45, 2.75) is 31.7 Å². The zero-order chi connectivity index (χ0) is 12.8. The molecule has 0 aliphatic heterocycles. The predicted molar refractivity (Wildman–Crippen MR) is 74.3 cm³/mol. The fourth-order valence-corrected chi connectivity index (χ4v) is 2.51. The second kappa shape index (κ2) is 4.08. The molecule has 0 radical (unpaired) electrons. The van der Waals surface area contributed by atoms with E-state index in [0.29, 0.717) is 12.0 Å². The Hall–Kier alpha value is -1.85. The highest BCUT2D eigenvalue weighted by atomic mass is 15.3. The fraction of sp³-hybridized carbons (Fsp3) is 0.615. The molecule has 2 N–H and O–H groups in total. The molecule has 0 spiro atoms. The van der Waals surface area contributed by atoms with Gasteiger partial charge in [0.1, 0.15) is 5.52 Å². The summed E-state index contributed by atoms with van der Waals surface area (Å²) in [5.74, 6) is 2.52. The summed E-state index contributed by atoms with van der Waals surface area (Å²) in [6.07, 6.45) is 6.98. The maximum absolute atomic E-state index is 4.67. The van der Waals surface area contributed by atoms with Crippen LogP contribution in [-0.2, 0) is 0 Å². The van der Waals surface area contributed by atoms with Crippen LogP contribution in [0, 0.1) is 5.92 Å². The van der Waals surface area contributed by atoms with Crippen LogP contribution in [0.4, 0.5) is 11.8 Å². The first-order chi connectivity index (χ1) is 9.35.